The molecule has 0 aliphatic carbocycles. The monoisotopic (exact) mass is 319 g/mol. The van der Waals surface area contributed by atoms with E-state index < -0.39 is 0 Å². The van der Waals surface area contributed by atoms with Gasteiger partial charge in [-0.15, -0.1) is 0 Å². The predicted octanol–water partition coefficient (Wildman–Crippen LogP) is 4.94. The second-order valence-corrected chi connectivity index (χ2v) is 5.75. The molecule has 0 fully saturated rings. The predicted molar refractivity (Wildman–Crippen MR) is 93.6 cm³/mol. The van der Waals surface area contributed by atoms with Crippen molar-refractivity contribution >= 4 is 17.6 Å². The van der Waals surface area contributed by atoms with Crippen LogP contribution < -0.4 is 5.32 Å². The minimum absolute atomic E-state index is 0.0799. The van der Waals surface area contributed by atoms with Crippen LogP contribution in [0.4, 0.5) is 5.69 Å². The van der Waals surface area contributed by atoms with E-state index in [4.69, 9.17) is 4.74 Å². The first-order valence-corrected chi connectivity index (χ1v) is 8.75. The Morgan fingerprint density at radius 3 is 2.39 bits per heavy atom. The summed E-state index contributed by atoms with van der Waals surface area (Å²) in [5.41, 5.74) is 0.946. The van der Waals surface area contributed by atoms with E-state index in [1.807, 2.05) is 6.92 Å². The summed E-state index contributed by atoms with van der Waals surface area (Å²) < 4.78 is 5.33. The van der Waals surface area contributed by atoms with E-state index in [1.54, 1.807) is 24.3 Å². The average Bonchev–Trinajstić information content (AvgIpc) is 2.54. The molecule has 0 aliphatic heterocycles. The minimum atomic E-state index is -0.369. The molecule has 1 aromatic rings. The standard InChI is InChI=1S/C19H29NO3/c1-3-5-6-7-8-11-15-23-19(22)16-13-9-10-14-17(16)20-18(21)12-4-2/h9-10,13-14H,3-8,11-12,15H2,1-2H3,(H,20,21). The van der Waals surface area contributed by atoms with Gasteiger partial charge in [0.1, 0.15) is 0 Å². The van der Waals surface area contributed by atoms with E-state index in [0.717, 1.165) is 19.3 Å². The zero-order valence-electron chi connectivity index (χ0n) is 14.4. The molecule has 4 nitrogen and oxygen atoms in total. The zero-order valence-corrected chi connectivity index (χ0v) is 14.4. The lowest BCUT2D eigenvalue weighted by Gasteiger charge is -2.10. The van der Waals surface area contributed by atoms with Crippen LogP contribution in [0, 0.1) is 0 Å². The second kappa shape index (κ2) is 11.7. The quantitative estimate of drug-likeness (QED) is 0.464. The SMILES string of the molecule is CCCCCCCCOC(=O)c1ccccc1NC(=O)CCC. The van der Waals surface area contributed by atoms with Gasteiger partial charge in [-0.2, -0.15) is 0 Å². The van der Waals surface area contributed by atoms with Crippen LogP contribution in [0.1, 0.15) is 75.6 Å². The number of anilines is 1. The maximum Gasteiger partial charge on any atom is 0.340 e. The fraction of sp³-hybridized carbons (Fsp3) is 0.579. The van der Waals surface area contributed by atoms with E-state index in [1.165, 1.54) is 25.7 Å². The highest BCUT2D eigenvalue weighted by molar-refractivity contribution is 6.01. The molecular weight excluding hydrogens is 290 g/mol. The van der Waals surface area contributed by atoms with E-state index in [0.29, 0.717) is 24.3 Å². The lowest BCUT2D eigenvalue weighted by molar-refractivity contribution is -0.116. The van der Waals surface area contributed by atoms with Crippen molar-refractivity contribution in [2.45, 2.75) is 65.2 Å². The smallest absolute Gasteiger partial charge is 0.340 e. The molecule has 128 valence electrons. The third-order valence-electron chi connectivity index (χ3n) is 3.63. The Morgan fingerprint density at radius 1 is 0.957 bits per heavy atom. The largest absolute Gasteiger partial charge is 0.462 e. The van der Waals surface area contributed by atoms with Crippen molar-refractivity contribution in [1.82, 2.24) is 0 Å². The summed E-state index contributed by atoms with van der Waals surface area (Å²) in [6.07, 6.45) is 8.13. The van der Waals surface area contributed by atoms with Crippen molar-refractivity contribution in [2.75, 3.05) is 11.9 Å². The van der Waals surface area contributed by atoms with Gasteiger partial charge in [-0.3, -0.25) is 4.79 Å². The number of carbonyl (C=O) groups is 2. The Morgan fingerprint density at radius 2 is 1.65 bits per heavy atom. The summed E-state index contributed by atoms with van der Waals surface area (Å²) in [4.78, 5) is 23.9. The molecule has 1 N–H and O–H groups in total. The molecule has 0 aliphatic rings. The molecule has 4 heteroatoms. The maximum atomic E-state index is 12.2. The van der Waals surface area contributed by atoms with Gasteiger partial charge in [-0.1, -0.05) is 58.1 Å². The summed E-state index contributed by atoms with van der Waals surface area (Å²) in [5, 5.41) is 2.78. The summed E-state index contributed by atoms with van der Waals surface area (Å²) >= 11 is 0. The molecule has 0 bridgehead atoms. The number of ether oxygens (including phenoxy) is 1. The van der Waals surface area contributed by atoms with Crippen molar-refractivity contribution in [3.05, 3.63) is 29.8 Å². The Hall–Kier alpha value is -1.84. The lowest BCUT2D eigenvalue weighted by Crippen LogP contribution is -2.15. The van der Waals surface area contributed by atoms with Crippen LogP contribution in [-0.2, 0) is 9.53 Å². The summed E-state index contributed by atoms with van der Waals surface area (Å²) in [6.45, 7) is 4.57. The van der Waals surface area contributed by atoms with Gasteiger partial charge in [-0.25, -0.2) is 4.79 Å². The molecule has 1 rings (SSSR count). The number of para-hydroxylation sites is 1. The highest BCUT2D eigenvalue weighted by Gasteiger charge is 2.13. The van der Waals surface area contributed by atoms with Gasteiger partial charge in [0, 0.05) is 6.42 Å². The first-order chi connectivity index (χ1) is 11.2. The first-order valence-electron chi connectivity index (χ1n) is 8.75. The minimum Gasteiger partial charge on any atom is -0.462 e. The number of esters is 1. The molecule has 0 radical (unpaired) electrons. The number of nitrogens with one attached hydrogen (secondary N) is 1. The third-order valence-corrected chi connectivity index (χ3v) is 3.63. The van der Waals surface area contributed by atoms with Gasteiger partial charge >= 0.3 is 5.97 Å². The van der Waals surface area contributed by atoms with Crippen molar-refractivity contribution in [3.8, 4) is 0 Å². The van der Waals surface area contributed by atoms with Gasteiger partial charge in [0.15, 0.2) is 0 Å². The van der Waals surface area contributed by atoms with E-state index in [-0.39, 0.29) is 11.9 Å². The number of amides is 1. The molecule has 1 aromatic carbocycles. The molecule has 0 saturated heterocycles. The van der Waals surface area contributed by atoms with Crippen LogP contribution in [0.25, 0.3) is 0 Å². The van der Waals surface area contributed by atoms with Crippen LogP contribution in [0.5, 0.6) is 0 Å². The number of rotatable bonds is 11. The third kappa shape index (κ3) is 7.82. The normalized spacial score (nSPS) is 10.3. The molecular formula is C19H29NO3. The molecule has 0 spiro atoms. The van der Waals surface area contributed by atoms with Gasteiger partial charge in [0.2, 0.25) is 5.91 Å². The van der Waals surface area contributed by atoms with Gasteiger partial charge in [0.25, 0.3) is 0 Å². The summed E-state index contributed by atoms with van der Waals surface area (Å²) in [5.74, 6) is -0.449. The first kappa shape index (κ1) is 19.2. The van der Waals surface area contributed by atoms with E-state index in [2.05, 4.69) is 12.2 Å². The molecule has 23 heavy (non-hydrogen) atoms. The Bertz CT molecular complexity index is 485. The Labute approximate surface area is 139 Å². The molecule has 0 saturated carbocycles. The van der Waals surface area contributed by atoms with Gasteiger partial charge < -0.3 is 10.1 Å². The molecule has 0 atom stereocenters. The number of unbranched alkanes of at least 4 members (excludes halogenated alkanes) is 5. The molecule has 0 aromatic heterocycles. The van der Waals surface area contributed by atoms with Crippen LogP contribution in [0.15, 0.2) is 24.3 Å². The zero-order chi connectivity index (χ0) is 16.9. The van der Waals surface area contributed by atoms with Crippen LogP contribution in [0.2, 0.25) is 0 Å². The number of hydrogen-bond donors (Lipinski definition) is 1. The van der Waals surface area contributed by atoms with Gasteiger partial charge in [-0.05, 0) is 25.0 Å². The maximum absolute atomic E-state index is 12.2. The second-order valence-electron chi connectivity index (χ2n) is 5.75. The van der Waals surface area contributed by atoms with E-state index >= 15 is 0 Å². The highest BCUT2D eigenvalue weighted by atomic mass is 16.5. The van der Waals surface area contributed by atoms with Crippen molar-refractivity contribution < 1.29 is 14.3 Å². The van der Waals surface area contributed by atoms with Crippen LogP contribution >= 0.6 is 0 Å². The fourth-order valence-electron chi connectivity index (χ4n) is 2.33. The van der Waals surface area contributed by atoms with E-state index in [9.17, 15) is 9.59 Å². The molecule has 1 amide bonds. The van der Waals surface area contributed by atoms with Crippen LogP contribution in [-0.4, -0.2) is 18.5 Å². The number of carbonyl (C=O) groups excluding carboxylic acids is 2. The topological polar surface area (TPSA) is 55.4 Å². The Kier molecular flexibility index (Phi) is 9.76. The van der Waals surface area contributed by atoms with Crippen LogP contribution in [0.3, 0.4) is 0 Å². The van der Waals surface area contributed by atoms with Crippen molar-refractivity contribution in [1.29, 1.82) is 0 Å². The molecule has 0 unspecified atom stereocenters. The van der Waals surface area contributed by atoms with Crippen molar-refractivity contribution in [3.63, 3.8) is 0 Å². The van der Waals surface area contributed by atoms with Gasteiger partial charge in [0.05, 0.1) is 17.9 Å². The number of benzene rings is 1. The Balaban J connectivity index is 2.42. The number of hydrogen-bond acceptors (Lipinski definition) is 3. The van der Waals surface area contributed by atoms with Crippen molar-refractivity contribution in [2.24, 2.45) is 0 Å². The fourth-order valence-corrected chi connectivity index (χ4v) is 2.33. The lowest BCUT2D eigenvalue weighted by atomic mass is 10.1. The summed E-state index contributed by atoms with van der Waals surface area (Å²) in [7, 11) is 0. The summed E-state index contributed by atoms with van der Waals surface area (Å²) in [6, 6.07) is 6.99. The highest BCUT2D eigenvalue weighted by Crippen LogP contribution is 2.17. The molecule has 0 heterocycles. The average molecular weight is 319 g/mol.